The van der Waals surface area contributed by atoms with Crippen molar-refractivity contribution in [3.8, 4) is 0 Å². The van der Waals surface area contributed by atoms with Gasteiger partial charge in [-0.05, 0) is 19.8 Å². The summed E-state index contributed by atoms with van der Waals surface area (Å²) in [5.41, 5.74) is 12.0. The van der Waals surface area contributed by atoms with Crippen LogP contribution in [-0.2, 0) is 4.79 Å². The molecule has 1 saturated carbocycles. The fraction of sp³-hybridized carbons (Fsp3) is 0.611. The average molecular weight is 362 g/mol. The van der Waals surface area contributed by atoms with Crippen LogP contribution >= 0.6 is 0 Å². The molecule has 1 aliphatic carbocycles. The summed E-state index contributed by atoms with van der Waals surface area (Å²) >= 11 is 0. The molecule has 26 heavy (non-hydrogen) atoms. The number of nitrogens with zero attached hydrogens (tertiary/aromatic N) is 1. The number of carbonyl (C=O) groups excluding carboxylic acids is 1. The summed E-state index contributed by atoms with van der Waals surface area (Å²) in [6.45, 7) is 2.25. The number of amides is 1. The van der Waals surface area contributed by atoms with Gasteiger partial charge in [0.2, 0.25) is 0 Å². The normalized spacial score (nSPS) is 34.7. The zero-order valence-corrected chi connectivity index (χ0v) is 15.2. The highest BCUT2D eigenvalue weighted by molar-refractivity contribution is 6.03. The number of nitrogens with one attached hydrogen (secondary N) is 4. The SMILES string of the molecule is CC1NN(C)C=C1C1=C2C(=O)NCC2=C(F)C(N[C@@H]2CCCC[C@@H]2N)N1. The molecule has 3 heterocycles. The number of hydrogen-bond donors (Lipinski definition) is 5. The van der Waals surface area contributed by atoms with E-state index in [1.54, 1.807) is 0 Å². The van der Waals surface area contributed by atoms with E-state index in [0.717, 1.165) is 31.3 Å². The lowest BCUT2D eigenvalue weighted by Crippen LogP contribution is -2.56. The maximum absolute atomic E-state index is 15.1. The second kappa shape index (κ2) is 6.68. The van der Waals surface area contributed by atoms with Crippen LogP contribution in [0.25, 0.3) is 0 Å². The molecule has 2 unspecified atom stereocenters. The van der Waals surface area contributed by atoms with E-state index in [1.165, 1.54) is 0 Å². The van der Waals surface area contributed by atoms with Gasteiger partial charge in [-0.15, -0.1) is 0 Å². The van der Waals surface area contributed by atoms with Crippen LogP contribution < -0.4 is 27.1 Å². The molecule has 0 aromatic carbocycles. The summed E-state index contributed by atoms with van der Waals surface area (Å²) in [7, 11) is 1.90. The number of hydrazine groups is 1. The van der Waals surface area contributed by atoms with Gasteiger partial charge in [0.25, 0.3) is 5.91 Å². The largest absolute Gasteiger partial charge is 0.363 e. The highest BCUT2D eigenvalue weighted by Gasteiger charge is 2.40. The molecular weight excluding hydrogens is 335 g/mol. The van der Waals surface area contributed by atoms with Crippen molar-refractivity contribution in [1.29, 1.82) is 0 Å². The summed E-state index contributed by atoms with van der Waals surface area (Å²) in [4.78, 5) is 12.3. The van der Waals surface area contributed by atoms with E-state index in [0.29, 0.717) is 16.8 Å². The Labute approximate surface area is 152 Å². The summed E-state index contributed by atoms with van der Waals surface area (Å²) < 4.78 is 15.1. The van der Waals surface area contributed by atoms with Crippen molar-refractivity contribution in [3.63, 3.8) is 0 Å². The molecule has 1 amide bonds. The predicted octanol–water partition coefficient (Wildman–Crippen LogP) is 0.105. The third-order valence-corrected chi connectivity index (χ3v) is 5.72. The summed E-state index contributed by atoms with van der Waals surface area (Å²) in [6, 6.07) is 0.123. The Bertz CT molecular complexity index is 714. The number of carbonyl (C=O) groups is 1. The van der Waals surface area contributed by atoms with E-state index >= 15 is 4.39 Å². The van der Waals surface area contributed by atoms with Crippen molar-refractivity contribution in [3.05, 3.63) is 34.4 Å². The minimum absolute atomic E-state index is 0.0259. The Hall–Kier alpha value is -1.90. The molecule has 4 aliphatic rings. The monoisotopic (exact) mass is 362 g/mol. The van der Waals surface area contributed by atoms with Crippen molar-refractivity contribution >= 4 is 5.91 Å². The number of dihydropyridines is 1. The molecule has 2 fully saturated rings. The molecule has 0 spiro atoms. The highest BCUT2D eigenvalue weighted by Crippen LogP contribution is 2.34. The zero-order valence-electron chi connectivity index (χ0n) is 15.2. The standard InChI is InChI=1S/C18H27FN6O/c1-9-11(8-25(2)24-9)16-14-10(7-21-18(14)26)15(19)17(23-16)22-13-6-4-3-5-12(13)20/h8-9,12-13,17,22-24H,3-7,20H2,1-2H3,(H,21,26)/t9?,12-,13+,17?/m0/s1. The Morgan fingerprint density at radius 2 is 2.12 bits per heavy atom. The Kier molecular flexibility index (Phi) is 4.50. The van der Waals surface area contributed by atoms with Gasteiger partial charge in [-0.3, -0.25) is 10.1 Å². The van der Waals surface area contributed by atoms with E-state index < -0.39 is 6.17 Å². The van der Waals surface area contributed by atoms with E-state index in [2.05, 4.69) is 21.4 Å². The van der Waals surface area contributed by atoms with Gasteiger partial charge in [0.05, 0.1) is 17.3 Å². The quantitative estimate of drug-likeness (QED) is 0.489. The fourth-order valence-corrected chi connectivity index (χ4v) is 4.34. The van der Waals surface area contributed by atoms with Gasteiger partial charge in [-0.1, -0.05) is 12.8 Å². The molecule has 4 atom stereocenters. The molecule has 0 aromatic heterocycles. The van der Waals surface area contributed by atoms with E-state index in [4.69, 9.17) is 5.73 Å². The first-order valence-electron chi connectivity index (χ1n) is 9.36. The molecule has 7 nitrogen and oxygen atoms in total. The molecule has 142 valence electrons. The predicted molar refractivity (Wildman–Crippen MR) is 96.9 cm³/mol. The van der Waals surface area contributed by atoms with Crippen LogP contribution in [0, 0.1) is 0 Å². The van der Waals surface area contributed by atoms with Crippen LogP contribution in [0.2, 0.25) is 0 Å². The zero-order chi connectivity index (χ0) is 18.4. The van der Waals surface area contributed by atoms with Crippen molar-refractivity contribution in [1.82, 2.24) is 26.4 Å². The number of hydrogen-bond acceptors (Lipinski definition) is 6. The van der Waals surface area contributed by atoms with Gasteiger partial charge in [0, 0.05) is 43.0 Å². The average Bonchev–Trinajstić information content (AvgIpc) is 3.15. The lowest BCUT2D eigenvalue weighted by Gasteiger charge is -2.36. The van der Waals surface area contributed by atoms with Crippen LogP contribution in [0.1, 0.15) is 32.6 Å². The van der Waals surface area contributed by atoms with Crippen LogP contribution in [0.4, 0.5) is 4.39 Å². The lowest BCUT2D eigenvalue weighted by atomic mass is 9.90. The minimum atomic E-state index is -0.662. The molecule has 3 aliphatic heterocycles. The summed E-state index contributed by atoms with van der Waals surface area (Å²) in [5, 5.41) is 11.2. The van der Waals surface area contributed by atoms with Crippen LogP contribution in [0.3, 0.4) is 0 Å². The van der Waals surface area contributed by atoms with E-state index in [1.807, 2.05) is 25.2 Å². The van der Waals surface area contributed by atoms with Crippen molar-refractivity contribution in [2.24, 2.45) is 5.73 Å². The third kappa shape index (κ3) is 2.91. The van der Waals surface area contributed by atoms with Gasteiger partial charge in [-0.2, -0.15) is 0 Å². The van der Waals surface area contributed by atoms with Crippen molar-refractivity contribution < 1.29 is 9.18 Å². The first-order valence-corrected chi connectivity index (χ1v) is 9.36. The molecule has 0 radical (unpaired) electrons. The molecular formula is C18H27FN6O. The molecule has 4 rings (SSSR count). The second-order valence-electron chi connectivity index (χ2n) is 7.60. The van der Waals surface area contributed by atoms with Gasteiger partial charge in [-0.25, -0.2) is 9.82 Å². The summed E-state index contributed by atoms with van der Waals surface area (Å²) in [6.07, 6.45) is 5.39. The number of fused-ring (bicyclic) bond motifs is 1. The fourth-order valence-electron chi connectivity index (χ4n) is 4.34. The first-order chi connectivity index (χ1) is 12.5. The van der Waals surface area contributed by atoms with Crippen molar-refractivity contribution in [2.45, 2.75) is 56.9 Å². The maximum atomic E-state index is 15.1. The Balaban J connectivity index is 1.67. The molecule has 0 aromatic rings. The van der Waals surface area contributed by atoms with E-state index in [9.17, 15) is 4.79 Å². The number of rotatable bonds is 3. The summed E-state index contributed by atoms with van der Waals surface area (Å²) in [5.74, 6) is -0.541. The first kappa shape index (κ1) is 17.5. The van der Waals surface area contributed by atoms with Gasteiger partial charge < -0.3 is 21.4 Å². The topological polar surface area (TPSA) is 94.5 Å². The van der Waals surface area contributed by atoms with Crippen LogP contribution in [0.15, 0.2) is 34.4 Å². The Morgan fingerprint density at radius 3 is 2.81 bits per heavy atom. The van der Waals surface area contributed by atoms with Crippen molar-refractivity contribution in [2.75, 3.05) is 13.6 Å². The van der Waals surface area contributed by atoms with E-state index in [-0.39, 0.29) is 36.4 Å². The highest BCUT2D eigenvalue weighted by atomic mass is 19.1. The smallest absolute Gasteiger partial charge is 0.254 e. The van der Waals surface area contributed by atoms with Gasteiger partial charge in [0.15, 0.2) is 0 Å². The minimum Gasteiger partial charge on any atom is -0.363 e. The maximum Gasteiger partial charge on any atom is 0.254 e. The van der Waals surface area contributed by atoms with Gasteiger partial charge in [0.1, 0.15) is 12.0 Å². The number of halogens is 1. The molecule has 0 bridgehead atoms. The van der Waals surface area contributed by atoms with Gasteiger partial charge >= 0.3 is 0 Å². The molecule has 6 N–H and O–H groups in total. The molecule has 8 heteroatoms. The Morgan fingerprint density at radius 1 is 1.35 bits per heavy atom. The van der Waals surface area contributed by atoms with Crippen LogP contribution in [0.5, 0.6) is 0 Å². The van der Waals surface area contributed by atoms with Crippen LogP contribution in [-0.4, -0.2) is 48.8 Å². The number of nitrogens with two attached hydrogens (primary N) is 1. The second-order valence-corrected chi connectivity index (χ2v) is 7.60. The third-order valence-electron chi connectivity index (χ3n) is 5.72. The molecule has 1 saturated heterocycles. The lowest BCUT2D eigenvalue weighted by molar-refractivity contribution is -0.116.